The molecule has 6 nitrogen and oxygen atoms in total. The predicted octanol–water partition coefficient (Wildman–Crippen LogP) is 4.72. The molecule has 0 unspecified atom stereocenters. The van der Waals surface area contributed by atoms with Crippen molar-refractivity contribution >= 4 is 35.6 Å². The number of esters is 1. The van der Waals surface area contributed by atoms with Crippen LogP contribution in [0.1, 0.15) is 16.7 Å². The van der Waals surface area contributed by atoms with Gasteiger partial charge in [-0.05, 0) is 59.0 Å². The highest BCUT2D eigenvalue weighted by atomic mass is 16.5. The van der Waals surface area contributed by atoms with Crippen LogP contribution in [0.25, 0.3) is 23.3 Å². The molecule has 3 aromatic carbocycles. The second-order valence-electron chi connectivity index (χ2n) is 8.02. The summed E-state index contributed by atoms with van der Waals surface area (Å²) in [5.41, 5.74) is 5.63. The maximum atomic E-state index is 11.8. The summed E-state index contributed by atoms with van der Waals surface area (Å²) in [6, 6.07) is 20.5. The first-order valence-corrected chi connectivity index (χ1v) is 10.9. The molecule has 1 aliphatic heterocycles. The first kappa shape index (κ1) is 23.6. The van der Waals surface area contributed by atoms with Gasteiger partial charge in [-0.2, -0.15) is 0 Å². The van der Waals surface area contributed by atoms with Crippen molar-refractivity contribution in [1.82, 2.24) is 0 Å². The summed E-state index contributed by atoms with van der Waals surface area (Å²) >= 11 is 0. The van der Waals surface area contributed by atoms with Crippen LogP contribution in [0.2, 0.25) is 0 Å². The van der Waals surface area contributed by atoms with E-state index in [0.717, 1.165) is 32.7 Å². The molecule has 174 valence electrons. The normalized spacial score (nSPS) is 13.0. The quantitative estimate of drug-likeness (QED) is 0.180. The number of anilines is 1. The van der Waals surface area contributed by atoms with Gasteiger partial charge < -0.3 is 9.84 Å². The first-order chi connectivity index (χ1) is 16.9. The van der Waals surface area contributed by atoms with Crippen LogP contribution in [0.5, 0.6) is 5.75 Å². The molecule has 0 saturated heterocycles. The standard InChI is InChI=1S/C29H23NO5/c1-19-17-22(4-3-21-5-10-24(11-6-21)30-27(32)15-16-28(30)33)7-14-26(19)23-8-12-25(13-9-23)35-29(34)20(2)18-31/h3-17,31H,2,18H2,1H3/b4-3+. The van der Waals surface area contributed by atoms with Crippen molar-refractivity contribution in [1.29, 1.82) is 0 Å². The van der Waals surface area contributed by atoms with Gasteiger partial charge in [-0.1, -0.05) is 61.2 Å². The van der Waals surface area contributed by atoms with Crippen LogP contribution in [0, 0.1) is 6.92 Å². The van der Waals surface area contributed by atoms with Crippen LogP contribution >= 0.6 is 0 Å². The smallest absolute Gasteiger partial charge is 0.341 e. The van der Waals surface area contributed by atoms with Gasteiger partial charge in [-0.15, -0.1) is 0 Å². The number of aliphatic hydroxyl groups excluding tert-OH is 1. The van der Waals surface area contributed by atoms with Gasteiger partial charge in [0.2, 0.25) is 0 Å². The molecule has 0 atom stereocenters. The Kier molecular flexibility index (Phi) is 6.85. The Morgan fingerprint density at radius 2 is 1.51 bits per heavy atom. The monoisotopic (exact) mass is 465 g/mol. The number of ether oxygens (including phenoxy) is 1. The minimum absolute atomic E-state index is 0.00129. The summed E-state index contributed by atoms with van der Waals surface area (Å²) < 4.78 is 5.18. The van der Waals surface area contributed by atoms with Crippen LogP contribution in [-0.2, 0) is 14.4 Å². The van der Waals surface area contributed by atoms with Crippen LogP contribution in [0.4, 0.5) is 5.69 Å². The summed E-state index contributed by atoms with van der Waals surface area (Å²) in [7, 11) is 0. The number of nitrogens with zero attached hydrogens (tertiary/aromatic N) is 1. The van der Waals surface area contributed by atoms with E-state index in [1.54, 1.807) is 24.3 Å². The van der Waals surface area contributed by atoms with E-state index < -0.39 is 12.6 Å². The number of hydrogen-bond donors (Lipinski definition) is 1. The molecule has 0 aromatic heterocycles. The van der Waals surface area contributed by atoms with Crippen molar-refractivity contribution in [2.75, 3.05) is 11.5 Å². The van der Waals surface area contributed by atoms with Gasteiger partial charge in [0.15, 0.2) is 0 Å². The second-order valence-corrected chi connectivity index (χ2v) is 8.02. The Hall–Kier alpha value is -4.55. The summed E-state index contributed by atoms with van der Waals surface area (Å²) in [5, 5.41) is 8.97. The predicted molar refractivity (Wildman–Crippen MR) is 135 cm³/mol. The molecule has 4 rings (SSSR count). The molecule has 0 saturated carbocycles. The summed E-state index contributed by atoms with van der Waals surface area (Å²) in [6.07, 6.45) is 6.49. The van der Waals surface area contributed by atoms with E-state index in [4.69, 9.17) is 9.84 Å². The Morgan fingerprint density at radius 1 is 0.914 bits per heavy atom. The van der Waals surface area contributed by atoms with E-state index >= 15 is 0 Å². The number of rotatable bonds is 7. The number of imide groups is 1. The zero-order valence-electron chi connectivity index (χ0n) is 19.1. The van der Waals surface area contributed by atoms with E-state index in [9.17, 15) is 14.4 Å². The number of carbonyl (C=O) groups is 3. The highest BCUT2D eigenvalue weighted by Crippen LogP contribution is 2.27. The molecule has 0 bridgehead atoms. The van der Waals surface area contributed by atoms with E-state index in [2.05, 4.69) is 12.6 Å². The lowest BCUT2D eigenvalue weighted by atomic mass is 9.98. The van der Waals surface area contributed by atoms with Crippen molar-refractivity contribution in [3.8, 4) is 16.9 Å². The fraction of sp³-hybridized carbons (Fsp3) is 0.0690. The van der Waals surface area contributed by atoms with E-state index in [0.29, 0.717) is 11.4 Å². The number of amides is 2. The Morgan fingerprint density at radius 3 is 2.11 bits per heavy atom. The summed E-state index contributed by atoms with van der Waals surface area (Å²) in [6.45, 7) is 5.04. The van der Waals surface area contributed by atoms with Gasteiger partial charge in [0.05, 0.1) is 17.9 Å². The third-order valence-corrected chi connectivity index (χ3v) is 5.53. The van der Waals surface area contributed by atoms with Crippen LogP contribution in [-0.4, -0.2) is 29.5 Å². The van der Waals surface area contributed by atoms with Crippen molar-refractivity contribution in [3.63, 3.8) is 0 Å². The van der Waals surface area contributed by atoms with Gasteiger partial charge >= 0.3 is 5.97 Å². The molecular formula is C29H23NO5. The second kappa shape index (κ2) is 10.2. The topological polar surface area (TPSA) is 83.9 Å². The van der Waals surface area contributed by atoms with Gasteiger partial charge in [0.1, 0.15) is 5.75 Å². The molecule has 2 amide bonds. The zero-order valence-corrected chi connectivity index (χ0v) is 19.1. The van der Waals surface area contributed by atoms with E-state index in [1.807, 2.05) is 55.5 Å². The summed E-state index contributed by atoms with van der Waals surface area (Å²) in [5.74, 6) is -0.947. The maximum absolute atomic E-state index is 11.8. The maximum Gasteiger partial charge on any atom is 0.341 e. The number of benzene rings is 3. The summed E-state index contributed by atoms with van der Waals surface area (Å²) in [4.78, 5) is 36.5. The number of carbonyl (C=O) groups excluding carboxylic acids is 3. The third-order valence-electron chi connectivity index (χ3n) is 5.53. The molecule has 1 heterocycles. The molecule has 35 heavy (non-hydrogen) atoms. The van der Waals surface area contributed by atoms with Gasteiger partial charge in [0.25, 0.3) is 11.8 Å². The molecular weight excluding hydrogens is 442 g/mol. The minimum Gasteiger partial charge on any atom is -0.423 e. The van der Waals surface area contributed by atoms with E-state index in [1.165, 1.54) is 12.2 Å². The molecule has 3 aromatic rings. The lowest BCUT2D eigenvalue weighted by Gasteiger charge is -2.13. The average Bonchev–Trinajstić information content (AvgIpc) is 3.21. The van der Waals surface area contributed by atoms with Gasteiger partial charge in [-0.25, -0.2) is 9.69 Å². The molecule has 1 aliphatic rings. The van der Waals surface area contributed by atoms with Crippen molar-refractivity contribution in [3.05, 3.63) is 108 Å². The van der Waals surface area contributed by atoms with Crippen LogP contribution in [0.3, 0.4) is 0 Å². The van der Waals surface area contributed by atoms with Crippen LogP contribution < -0.4 is 9.64 Å². The number of aliphatic hydroxyl groups is 1. The third kappa shape index (κ3) is 5.34. The Bertz CT molecular complexity index is 1350. The fourth-order valence-electron chi connectivity index (χ4n) is 3.64. The average molecular weight is 466 g/mol. The molecule has 0 spiro atoms. The molecule has 6 heteroatoms. The molecule has 0 aliphatic carbocycles. The number of hydrogen-bond acceptors (Lipinski definition) is 5. The highest BCUT2D eigenvalue weighted by Gasteiger charge is 2.24. The van der Waals surface area contributed by atoms with Crippen molar-refractivity contribution < 1.29 is 24.2 Å². The molecule has 0 fully saturated rings. The molecule has 1 N–H and O–H groups in total. The first-order valence-electron chi connectivity index (χ1n) is 10.9. The SMILES string of the molecule is C=C(CO)C(=O)Oc1ccc(-c2ccc(/C=C/c3ccc(N4C(=O)C=CC4=O)cc3)cc2C)cc1. The minimum atomic E-state index is -0.655. The van der Waals surface area contributed by atoms with Gasteiger partial charge in [-0.3, -0.25) is 9.59 Å². The van der Waals surface area contributed by atoms with Crippen molar-refractivity contribution in [2.24, 2.45) is 0 Å². The van der Waals surface area contributed by atoms with E-state index in [-0.39, 0.29) is 17.4 Å². The van der Waals surface area contributed by atoms with Crippen LogP contribution in [0.15, 0.2) is 91.0 Å². The number of aryl methyl sites for hydroxylation is 1. The Labute approximate surface area is 203 Å². The van der Waals surface area contributed by atoms with Crippen molar-refractivity contribution in [2.45, 2.75) is 6.92 Å². The highest BCUT2D eigenvalue weighted by molar-refractivity contribution is 6.28. The van der Waals surface area contributed by atoms with Gasteiger partial charge in [0, 0.05) is 12.2 Å². The Balaban J connectivity index is 1.44. The lowest BCUT2D eigenvalue weighted by Crippen LogP contribution is -2.29. The fourth-order valence-corrected chi connectivity index (χ4v) is 3.64. The zero-order chi connectivity index (χ0) is 24.9. The largest absolute Gasteiger partial charge is 0.423 e. The lowest BCUT2D eigenvalue weighted by molar-refractivity contribution is -0.130. The molecule has 0 radical (unpaired) electrons.